The van der Waals surface area contributed by atoms with Crippen molar-refractivity contribution in [2.45, 2.75) is 74.5 Å². The third-order valence-electron chi connectivity index (χ3n) is 9.46. The molecule has 1 radical (unpaired) electrons. The number of aliphatic carboxylic acids is 1. The number of Topliss-reactive ketones (excluding diaryl/α,β-unsaturated/α-hetero) is 2. The fourth-order valence-corrected chi connectivity index (χ4v) is 8.94. The average molecular weight is 942 g/mol. The Morgan fingerprint density at radius 3 is 1.75 bits per heavy atom. The number of amides is 2. The number of aryl methyl sites for hydroxylation is 1. The Hall–Kier alpha value is -1.84. The number of benzene rings is 4. The minimum Gasteiger partial charge on any atom is -0.744 e. The van der Waals surface area contributed by atoms with Crippen molar-refractivity contribution in [1.82, 2.24) is 10.6 Å². The molecule has 7 N–H and O–H groups in total. The van der Waals surface area contributed by atoms with Crippen LogP contribution in [0, 0.1) is 31.4 Å². The maximum Gasteiger partial charge on any atom is 1.00 e. The van der Waals surface area contributed by atoms with E-state index in [1.807, 2.05) is 37.6 Å². The predicted molar refractivity (Wildman–Crippen MR) is 230 cm³/mol. The van der Waals surface area contributed by atoms with E-state index in [0.717, 1.165) is 28.8 Å². The molecule has 0 aliphatic heterocycles. The van der Waals surface area contributed by atoms with E-state index in [1.165, 1.54) is 33.7 Å². The summed E-state index contributed by atoms with van der Waals surface area (Å²) < 4.78 is 34.0. The number of carboxylic acids is 1. The molecule has 2 amide bonds. The van der Waals surface area contributed by atoms with Gasteiger partial charge in [-0.1, -0.05) is 63.5 Å². The molecule has 5 unspecified atom stereocenters. The molecule has 0 saturated heterocycles. The summed E-state index contributed by atoms with van der Waals surface area (Å²) >= 11 is 0. The van der Waals surface area contributed by atoms with Gasteiger partial charge >= 0.3 is 94.6 Å². The van der Waals surface area contributed by atoms with E-state index < -0.39 is 68.7 Å². The molecule has 0 bridgehead atoms. The predicted octanol–water partition coefficient (Wildman–Crippen LogP) is -5.39. The number of carbonyl (C=O) groups is 5. The SMILES string of the molecule is Cc1ccc(CC(NC(=O)C(CSSCC(NC(=O)C(N)Cc2cc[c-]cc2)C(=O)C[CH]Cc2cc[c-]cc2)CC(=O)C(N)Cc2ccc(S(=O)(=O)[O-])cc2)C(=O)O)cc1.[Na+].[Na+].[Na+]. The zero-order valence-corrected chi connectivity index (χ0v) is 44.4. The van der Waals surface area contributed by atoms with Gasteiger partial charge in [-0.15, -0.1) is 0 Å². The quantitative estimate of drug-likeness (QED) is 0.0137. The van der Waals surface area contributed by atoms with Crippen molar-refractivity contribution in [2.24, 2.45) is 17.4 Å². The van der Waals surface area contributed by atoms with Crippen LogP contribution in [0.2, 0.25) is 0 Å². The molecule has 0 aliphatic rings. The number of rotatable bonds is 25. The van der Waals surface area contributed by atoms with E-state index in [2.05, 4.69) is 22.8 Å². The van der Waals surface area contributed by atoms with Gasteiger partial charge in [0.25, 0.3) is 0 Å². The van der Waals surface area contributed by atoms with Crippen molar-refractivity contribution in [1.29, 1.82) is 0 Å². The van der Waals surface area contributed by atoms with Crippen molar-refractivity contribution in [3.05, 3.63) is 143 Å². The maximum absolute atomic E-state index is 13.8. The van der Waals surface area contributed by atoms with Crippen molar-refractivity contribution in [3.63, 3.8) is 0 Å². The Morgan fingerprint density at radius 1 is 0.683 bits per heavy atom. The summed E-state index contributed by atoms with van der Waals surface area (Å²) in [7, 11) is -2.30. The number of ketones is 2. The van der Waals surface area contributed by atoms with E-state index in [1.54, 1.807) is 48.5 Å². The van der Waals surface area contributed by atoms with E-state index in [4.69, 9.17) is 11.5 Å². The monoisotopic (exact) mass is 941 g/mol. The van der Waals surface area contributed by atoms with E-state index in [-0.39, 0.29) is 138 Å². The van der Waals surface area contributed by atoms with Crippen molar-refractivity contribution in [3.8, 4) is 0 Å². The fraction of sp³-hybridized carbons (Fsp3) is 0.318. The molecule has 4 aromatic rings. The third-order valence-corrected chi connectivity index (χ3v) is 12.8. The number of nitrogens with two attached hydrogens (primary N) is 2. The molecule has 63 heavy (non-hydrogen) atoms. The topological polar surface area (TPSA) is 239 Å². The Balaban J connectivity index is 0.00000661. The van der Waals surface area contributed by atoms with E-state index in [0.29, 0.717) is 17.5 Å². The maximum atomic E-state index is 13.8. The van der Waals surface area contributed by atoms with Gasteiger partial charge in [0, 0.05) is 30.8 Å². The first-order valence-corrected chi connectivity index (χ1v) is 22.9. The van der Waals surface area contributed by atoms with E-state index in [9.17, 15) is 42.0 Å². The molecule has 4 rings (SSSR count). The van der Waals surface area contributed by atoms with Gasteiger partial charge in [0.2, 0.25) is 11.8 Å². The van der Waals surface area contributed by atoms with Gasteiger partial charge in [0.1, 0.15) is 16.2 Å². The van der Waals surface area contributed by atoms with Gasteiger partial charge in [0.15, 0.2) is 11.6 Å². The summed E-state index contributed by atoms with van der Waals surface area (Å²) in [5.74, 6) is -4.17. The van der Waals surface area contributed by atoms with Crippen LogP contribution in [-0.2, 0) is 59.8 Å². The summed E-state index contributed by atoms with van der Waals surface area (Å²) in [5.41, 5.74) is 16.5. The number of hydrogen-bond donors (Lipinski definition) is 5. The minimum atomic E-state index is -4.67. The Bertz CT molecular complexity index is 2160. The Labute approximate surface area is 444 Å². The summed E-state index contributed by atoms with van der Waals surface area (Å²) in [5, 5.41) is 15.4. The summed E-state index contributed by atoms with van der Waals surface area (Å²) in [6.07, 6.45) is 2.25. The molecule has 0 aromatic heterocycles. The van der Waals surface area contributed by atoms with Crippen molar-refractivity contribution < 1.29 is 131 Å². The normalized spacial score (nSPS) is 13.3. The molecule has 0 aliphatic carbocycles. The number of hydrogen-bond acceptors (Lipinski definition) is 12. The molecule has 0 spiro atoms. The van der Waals surface area contributed by atoms with Crippen LogP contribution in [0.15, 0.2) is 102 Å². The van der Waals surface area contributed by atoms with Gasteiger partial charge in [-0.3, -0.25) is 19.2 Å². The first-order valence-electron chi connectivity index (χ1n) is 19.1. The minimum absolute atomic E-state index is 0. The average Bonchev–Trinajstić information content (AvgIpc) is 3.22. The molecule has 319 valence electrons. The smallest absolute Gasteiger partial charge is 0.744 e. The first-order chi connectivity index (χ1) is 28.6. The van der Waals surface area contributed by atoms with Gasteiger partial charge in [-0.05, 0) is 55.9 Å². The second-order valence-corrected chi connectivity index (χ2v) is 18.2. The molecule has 0 saturated carbocycles. The molecular formula is C44H48N4Na3O9S3. The molecule has 5 atom stereocenters. The zero-order valence-electron chi connectivity index (χ0n) is 36.0. The first kappa shape index (κ1) is 59.2. The second-order valence-electron chi connectivity index (χ2n) is 14.3. The number of nitrogens with one attached hydrogen (secondary N) is 2. The standard InChI is InChI=1S/C44H49N4O9S3.3Na/c1-29-15-17-33(18-16-29)25-38(44(53)54)47-42(51)34(26-41(50)36(45)23-32-19-21-35(22-20-32)60(55,56)57)27-58-59-28-39(40(49)14-8-13-30-9-4-2-5-10-30)48-43(52)37(46)24-31-11-6-3-7-12-31;;;/h4-12,15-22,34,36-39H,13-14,23-28,45-46H2,1H3,(H,47,51)(H,48,52)(H,53,54)(H,55,56,57);;;/q-2;3*+1/p-1. The molecule has 19 heteroatoms. The van der Waals surface area contributed by atoms with Crippen LogP contribution in [0.1, 0.15) is 40.7 Å². The van der Waals surface area contributed by atoms with Crippen LogP contribution >= 0.6 is 21.6 Å². The largest absolute Gasteiger partial charge is 1.00 e. The van der Waals surface area contributed by atoms with Crippen LogP contribution in [0.25, 0.3) is 0 Å². The Morgan fingerprint density at radius 2 is 1.17 bits per heavy atom. The van der Waals surface area contributed by atoms with Crippen LogP contribution in [0.5, 0.6) is 0 Å². The number of carboxylic acid groups (broad SMARTS) is 1. The van der Waals surface area contributed by atoms with Crippen molar-refractivity contribution in [2.75, 3.05) is 11.5 Å². The zero-order chi connectivity index (χ0) is 43.7. The summed E-state index contributed by atoms with van der Waals surface area (Å²) in [6, 6.07) is 28.1. The van der Waals surface area contributed by atoms with Crippen molar-refractivity contribution >= 4 is 61.1 Å². The molecule has 0 fully saturated rings. The van der Waals surface area contributed by atoms with Crippen LogP contribution in [0.3, 0.4) is 0 Å². The third kappa shape index (κ3) is 21.6. The summed E-state index contributed by atoms with van der Waals surface area (Å²) in [6.45, 7) is 1.89. The van der Waals surface area contributed by atoms with Gasteiger partial charge < -0.3 is 31.8 Å². The second kappa shape index (κ2) is 30.4. The summed E-state index contributed by atoms with van der Waals surface area (Å²) in [4.78, 5) is 65.9. The van der Waals surface area contributed by atoms with Crippen LogP contribution < -0.4 is 111 Å². The van der Waals surface area contributed by atoms with Crippen LogP contribution in [0.4, 0.5) is 0 Å². The van der Waals surface area contributed by atoms with Gasteiger partial charge in [-0.2, -0.15) is 71.8 Å². The molecule has 4 aromatic carbocycles. The Kier molecular flexibility index (Phi) is 28.6. The molecule has 13 nitrogen and oxygen atoms in total. The van der Waals surface area contributed by atoms with E-state index >= 15 is 0 Å². The van der Waals surface area contributed by atoms with Crippen LogP contribution in [-0.4, -0.2) is 83.1 Å². The fourth-order valence-electron chi connectivity index (χ4n) is 5.96. The molecule has 0 heterocycles. The molecular weight excluding hydrogens is 894 g/mol. The number of carbonyl (C=O) groups excluding carboxylic acids is 4. The van der Waals surface area contributed by atoms with Gasteiger partial charge in [-0.25, -0.2) is 13.2 Å². The van der Waals surface area contributed by atoms with Gasteiger partial charge in [0.05, 0.1) is 28.9 Å².